The number of carbonyl (C=O) groups excluding carboxylic acids is 2. The molecule has 1 aromatic heterocycles. The zero-order valence-electron chi connectivity index (χ0n) is 24.4. The number of hydrogen-bond donors (Lipinski definition) is 0. The number of halogens is 3. The molecular weight excluding hydrogens is 544 g/mol. The topological polar surface area (TPSA) is 45.6 Å². The van der Waals surface area contributed by atoms with Crippen molar-refractivity contribution in [2.24, 2.45) is 0 Å². The first-order valence-electron chi connectivity index (χ1n) is 14.3. The van der Waals surface area contributed by atoms with Crippen LogP contribution < -0.4 is 0 Å². The SMILES string of the molecule is CC(C)(C(=O)N1CCC1)c1cc(Cl)ccc1C1CCN(C(=O)c2cn(C(C)(C)C)cc2-c2ccc(F)cc2F)CC1. The van der Waals surface area contributed by atoms with E-state index in [1.54, 1.807) is 12.4 Å². The third-order valence-corrected chi connectivity index (χ3v) is 8.88. The highest BCUT2D eigenvalue weighted by Crippen LogP contribution is 2.40. The summed E-state index contributed by atoms with van der Waals surface area (Å²) in [5, 5.41) is 0.602. The number of nitrogens with zero attached hydrogens (tertiary/aromatic N) is 3. The molecule has 0 unspecified atom stereocenters. The molecule has 0 atom stereocenters. The van der Waals surface area contributed by atoms with Gasteiger partial charge in [-0.15, -0.1) is 0 Å². The van der Waals surface area contributed by atoms with Crippen molar-refractivity contribution in [2.75, 3.05) is 26.2 Å². The summed E-state index contributed by atoms with van der Waals surface area (Å²) in [6.07, 6.45) is 6.04. The highest BCUT2D eigenvalue weighted by Gasteiger charge is 2.39. The molecule has 5 nitrogen and oxygen atoms in total. The summed E-state index contributed by atoms with van der Waals surface area (Å²) in [7, 11) is 0. The normalized spacial score (nSPS) is 16.6. The van der Waals surface area contributed by atoms with E-state index in [9.17, 15) is 18.4 Å². The summed E-state index contributed by atoms with van der Waals surface area (Å²) in [4.78, 5) is 30.9. The van der Waals surface area contributed by atoms with E-state index in [4.69, 9.17) is 11.6 Å². The van der Waals surface area contributed by atoms with Crippen LogP contribution in [0.15, 0.2) is 48.8 Å². The third kappa shape index (κ3) is 5.66. The van der Waals surface area contributed by atoms with Crippen LogP contribution in [-0.4, -0.2) is 52.4 Å². The van der Waals surface area contributed by atoms with Gasteiger partial charge in [0, 0.05) is 66.3 Å². The molecule has 3 aromatic rings. The summed E-state index contributed by atoms with van der Waals surface area (Å²) >= 11 is 6.42. The Labute approximate surface area is 246 Å². The zero-order chi connectivity index (χ0) is 29.7. The van der Waals surface area contributed by atoms with E-state index in [-0.39, 0.29) is 28.8 Å². The summed E-state index contributed by atoms with van der Waals surface area (Å²) < 4.78 is 30.4. The molecule has 8 heteroatoms. The van der Waals surface area contributed by atoms with Gasteiger partial charge in [0.15, 0.2) is 0 Å². The van der Waals surface area contributed by atoms with Crippen molar-refractivity contribution in [1.29, 1.82) is 0 Å². The quantitative estimate of drug-likeness (QED) is 0.316. The van der Waals surface area contributed by atoms with Gasteiger partial charge >= 0.3 is 0 Å². The Bertz CT molecular complexity index is 1480. The standard InChI is InChI=1S/C33H38ClF2N3O2/c1-32(2,3)39-19-26(25-10-8-23(35)18-29(25)36)27(20-39)30(40)37-15-11-21(12-16-37)24-9-7-22(34)17-28(24)33(4,5)31(41)38-13-6-14-38/h7-10,17-21H,6,11-16H2,1-5H3. The van der Waals surface area contributed by atoms with Gasteiger partial charge in [-0.25, -0.2) is 8.78 Å². The van der Waals surface area contributed by atoms with Crippen LogP contribution in [0.3, 0.4) is 0 Å². The predicted molar refractivity (Wildman–Crippen MR) is 158 cm³/mol. The Morgan fingerprint density at radius 1 is 0.854 bits per heavy atom. The Hall–Kier alpha value is -3.19. The van der Waals surface area contributed by atoms with E-state index in [1.165, 1.54) is 12.1 Å². The van der Waals surface area contributed by atoms with Gasteiger partial charge in [-0.05, 0) is 95.2 Å². The van der Waals surface area contributed by atoms with Gasteiger partial charge in [0.1, 0.15) is 11.6 Å². The predicted octanol–water partition coefficient (Wildman–Crippen LogP) is 7.37. The molecular formula is C33H38ClF2N3O2. The van der Waals surface area contributed by atoms with Crippen LogP contribution in [-0.2, 0) is 15.7 Å². The second-order valence-corrected chi connectivity index (χ2v) is 13.3. The number of aromatic nitrogens is 1. The van der Waals surface area contributed by atoms with Crippen LogP contribution in [0, 0.1) is 11.6 Å². The lowest BCUT2D eigenvalue weighted by Crippen LogP contribution is -2.50. The number of carbonyl (C=O) groups is 2. The first kappa shape index (κ1) is 29.3. The molecule has 218 valence electrons. The summed E-state index contributed by atoms with van der Waals surface area (Å²) in [5.41, 5.74) is 2.07. The second-order valence-electron chi connectivity index (χ2n) is 12.9. The van der Waals surface area contributed by atoms with E-state index in [1.807, 2.05) is 67.2 Å². The number of piperidine rings is 1. The van der Waals surface area contributed by atoms with Crippen LogP contribution in [0.25, 0.3) is 11.1 Å². The maximum atomic E-state index is 14.9. The lowest BCUT2D eigenvalue weighted by molar-refractivity contribution is -0.139. The fourth-order valence-electron chi connectivity index (χ4n) is 5.95. The van der Waals surface area contributed by atoms with Gasteiger partial charge in [-0.2, -0.15) is 0 Å². The maximum Gasteiger partial charge on any atom is 0.256 e. The number of amides is 2. The van der Waals surface area contributed by atoms with Gasteiger partial charge in [0.05, 0.1) is 11.0 Å². The molecule has 0 aliphatic carbocycles. The largest absolute Gasteiger partial charge is 0.348 e. The molecule has 2 fully saturated rings. The molecule has 0 N–H and O–H groups in total. The highest BCUT2D eigenvalue weighted by molar-refractivity contribution is 6.30. The number of likely N-dealkylation sites (tertiary alicyclic amines) is 2. The minimum absolute atomic E-state index is 0.115. The van der Waals surface area contributed by atoms with Crippen molar-refractivity contribution in [2.45, 2.75) is 70.8 Å². The fraction of sp³-hybridized carbons (Fsp3) is 0.455. The minimum atomic E-state index is -0.711. The monoisotopic (exact) mass is 581 g/mol. The molecule has 2 aromatic carbocycles. The number of hydrogen-bond acceptors (Lipinski definition) is 2. The molecule has 5 rings (SSSR count). The van der Waals surface area contributed by atoms with Crippen LogP contribution in [0.2, 0.25) is 5.02 Å². The molecule has 3 heterocycles. The molecule has 2 aliphatic heterocycles. The molecule has 0 saturated carbocycles. The Morgan fingerprint density at radius 2 is 1.54 bits per heavy atom. The van der Waals surface area contributed by atoms with Crippen LogP contribution in [0.4, 0.5) is 8.78 Å². The molecule has 41 heavy (non-hydrogen) atoms. The third-order valence-electron chi connectivity index (χ3n) is 8.64. The van der Waals surface area contributed by atoms with Crippen molar-refractivity contribution < 1.29 is 18.4 Å². The summed E-state index contributed by atoms with van der Waals surface area (Å²) in [6, 6.07) is 9.28. The Balaban J connectivity index is 1.40. The second kappa shape index (κ2) is 10.9. The zero-order valence-corrected chi connectivity index (χ0v) is 25.2. The minimum Gasteiger partial charge on any atom is -0.348 e. The van der Waals surface area contributed by atoms with Gasteiger partial charge in [-0.1, -0.05) is 17.7 Å². The van der Waals surface area contributed by atoms with Crippen LogP contribution in [0.1, 0.15) is 81.3 Å². The van der Waals surface area contributed by atoms with Crippen molar-refractivity contribution >= 4 is 23.4 Å². The van der Waals surface area contributed by atoms with Gasteiger partial charge < -0.3 is 14.4 Å². The number of rotatable bonds is 5. The smallest absolute Gasteiger partial charge is 0.256 e. The van der Waals surface area contributed by atoms with E-state index in [0.717, 1.165) is 49.5 Å². The van der Waals surface area contributed by atoms with E-state index in [2.05, 4.69) is 0 Å². The fourth-order valence-corrected chi connectivity index (χ4v) is 6.13. The van der Waals surface area contributed by atoms with Crippen molar-refractivity contribution in [1.82, 2.24) is 14.4 Å². The lowest BCUT2D eigenvalue weighted by atomic mass is 9.75. The number of benzene rings is 2. The van der Waals surface area contributed by atoms with Gasteiger partial charge in [-0.3, -0.25) is 9.59 Å². The average Bonchev–Trinajstić information content (AvgIpc) is 3.33. The van der Waals surface area contributed by atoms with Gasteiger partial charge in [0.2, 0.25) is 5.91 Å². The lowest BCUT2D eigenvalue weighted by Gasteiger charge is -2.40. The van der Waals surface area contributed by atoms with Crippen LogP contribution in [0.5, 0.6) is 0 Å². The van der Waals surface area contributed by atoms with Crippen molar-refractivity contribution in [3.63, 3.8) is 0 Å². The summed E-state index contributed by atoms with van der Waals surface area (Å²) in [6.45, 7) is 12.6. The van der Waals surface area contributed by atoms with Gasteiger partial charge in [0.25, 0.3) is 5.91 Å². The molecule has 0 bridgehead atoms. The summed E-state index contributed by atoms with van der Waals surface area (Å²) in [5.74, 6) is -1.25. The molecule has 0 spiro atoms. The van der Waals surface area contributed by atoms with E-state index >= 15 is 0 Å². The van der Waals surface area contributed by atoms with Crippen molar-refractivity contribution in [3.05, 3.63) is 82.1 Å². The van der Waals surface area contributed by atoms with E-state index in [0.29, 0.717) is 29.2 Å². The van der Waals surface area contributed by atoms with Crippen molar-refractivity contribution in [3.8, 4) is 11.1 Å². The van der Waals surface area contributed by atoms with Crippen LogP contribution >= 0.6 is 11.6 Å². The van der Waals surface area contributed by atoms with E-state index < -0.39 is 17.0 Å². The Kier molecular flexibility index (Phi) is 7.79. The average molecular weight is 582 g/mol. The molecule has 2 amide bonds. The molecule has 2 aliphatic rings. The first-order valence-corrected chi connectivity index (χ1v) is 14.7. The molecule has 0 radical (unpaired) electrons. The molecule has 2 saturated heterocycles. The maximum absolute atomic E-state index is 14.9. The highest BCUT2D eigenvalue weighted by atomic mass is 35.5. The Morgan fingerprint density at radius 3 is 2.12 bits per heavy atom. The first-order chi connectivity index (χ1) is 19.3.